The van der Waals surface area contributed by atoms with Crippen molar-refractivity contribution in [1.82, 2.24) is 4.98 Å². The van der Waals surface area contributed by atoms with Gasteiger partial charge in [-0.05, 0) is 36.6 Å². The molecule has 6 heteroatoms. The summed E-state index contributed by atoms with van der Waals surface area (Å²) in [5.41, 5.74) is 8.42. The second kappa shape index (κ2) is 7.19. The molecule has 0 saturated carbocycles. The van der Waals surface area contributed by atoms with Crippen molar-refractivity contribution in [3.63, 3.8) is 0 Å². The number of thioether (sulfide) groups is 1. The number of fused-ring (bicyclic) bond motifs is 1. The monoisotopic (exact) mass is 304 g/mol. The molecule has 1 aromatic carbocycles. The molecule has 0 fully saturated rings. The smallest absolute Gasteiger partial charge is 0.121 e. The fourth-order valence-corrected chi connectivity index (χ4v) is 2.44. The zero-order valence-electron chi connectivity index (χ0n) is 12.2. The summed E-state index contributed by atoms with van der Waals surface area (Å²) in [7, 11) is 1.63. The maximum Gasteiger partial charge on any atom is 0.121 e. The second-order valence-electron chi connectivity index (χ2n) is 4.57. The number of aromatic nitrogens is 1. The molecule has 0 aliphatic rings. The maximum absolute atomic E-state index is 6.12. The van der Waals surface area contributed by atoms with Crippen molar-refractivity contribution in [2.75, 3.05) is 24.1 Å². The summed E-state index contributed by atoms with van der Waals surface area (Å²) in [6, 6.07) is 7.59. The van der Waals surface area contributed by atoms with Crippen LogP contribution >= 0.6 is 11.8 Å². The van der Waals surface area contributed by atoms with Crippen molar-refractivity contribution < 1.29 is 4.74 Å². The summed E-state index contributed by atoms with van der Waals surface area (Å²) >= 11 is 1.76. The Kier molecular flexibility index (Phi) is 5.30. The van der Waals surface area contributed by atoms with Crippen LogP contribution in [0.5, 0.6) is 5.75 Å². The van der Waals surface area contributed by atoms with Crippen molar-refractivity contribution in [3.05, 3.63) is 42.4 Å². The van der Waals surface area contributed by atoms with E-state index in [-0.39, 0.29) is 0 Å². The van der Waals surface area contributed by atoms with Crippen LogP contribution in [0.3, 0.4) is 0 Å². The first-order valence-corrected chi connectivity index (χ1v) is 7.97. The number of nitrogens with zero attached hydrogens (tertiary/aromatic N) is 2. The number of anilines is 1. The molecule has 0 atom stereocenters. The number of nitrogens with two attached hydrogens (primary N) is 2. The SMILES string of the molecule is COc1ccc2c(N(N)/C=C(\N)CCSC)ccnc2c1. The Labute approximate surface area is 128 Å². The molecule has 1 aromatic heterocycles. The Morgan fingerprint density at radius 1 is 1.43 bits per heavy atom. The van der Waals surface area contributed by atoms with Gasteiger partial charge in [-0.2, -0.15) is 11.8 Å². The minimum Gasteiger partial charge on any atom is -0.497 e. The maximum atomic E-state index is 6.12. The van der Waals surface area contributed by atoms with Gasteiger partial charge in [0.25, 0.3) is 0 Å². The molecule has 0 radical (unpaired) electrons. The number of hydrogen-bond donors (Lipinski definition) is 2. The van der Waals surface area contributed by atoms with Gasteiger partial charge in [-0.3, -0.25) is 9.99 Å². The summed E-state index contributed by atoms with van der Waals surface area (Å²) in [5, 5.41) is 2.50. The highest BCUT2D eigenvalue weighted by atomic mass is 32.2. The second-order valence-corrected chi connectivity index (χ2v) is 5.55. The molecule has 112 valence electrons. The van der Waals surface area contributed by atoms with Gasteiger partial charge in [0.1, 0.15) is 5.75 Å². The quantitative estimate of drug-likeness (QED) is 0.630. The topological polar surface area (TPSA) is 77.4 Å². The summed E-state index contributed by atoms with van der Waals surface area (Å²) in [6.07, 6.45) is 6.35. The number of benzene rings is 1. The van der Waals surface area contributed by atoms with Crippen LogP contribution in [0.4, 0.5) is 5.69 Å². The minimum atomic E-state index is 0.755. The third kappa shape index (κ3) is 3.80. The van der Waals surface area contributed by atoms with Crippen LogP contribution in [0, 0.1) is 0 Å². The Morgan fingerprint density at radius 2 is 2.24 bits per heavy atom. The van der Waals surface area contributed by atoms with Gasteiger partial charge < -0.3 is 10.5 Å². The molecule has 2 rings (SSSR count). The lowest BCUT2D eigenvalue weighted by atomic mass is 10.1. The van der Waals surface area contributed by atoms with Crippen LogP contribution in [-0.4, -0.2) is 24.1 Å². The molecule has 0 amide bonds. The van der Waals surface area contributed by atoms with Gasteiger partial charge in [-0.25, -0.2) is 5.84 Å². The van der Waals surface area contributed by atoms with E-state index in [4.69, 9.17) is 16.3 Å². The lowest BCUT2D eigenvalue weighted by Crippen LogP contribution is -2.26. The predicted octanol–water partition coefficient (Wildman–Crippen LogP) is 2.48. The van der Waals surface area contributed by atoms with Crippen LogP contribution in [0.2, 0.25) is 0 Å². The van der Waals surface area contributed by atoms with Gasteiger partial charge in [-0.15, -0.1) is 0 Å². The van der Waals surface area contributed by atoms with Gasteiger partial charge in [0, 0.05) is 29.5 Å². The van der Waals surface area contributed by atoms with Gasteiger partial charge in [0.05, 0.1) is 18.3 Å². The summed E-state index contributed by atoms with van der Waals surface area (Å²) < 4.78 is 5.21. The molecule has 0 spiro atoms. The first-order chi connectivity index (χ1) is 10.2. The Hall–Kier alpha value is -1.92. The van der Waals surface area contributed by atoms with Crippen molar-refractivity contribution in [2.24, 2.45) is 11.6 Å². The molecular formula is C15H20N4OS. The fourth-order valence-electron chi connectivity index (χ4n) is 2.00. The van der Waals surface area contributed by atoms with Crippen molar-refractivity contribution >= 4 is 28.4 Å². The third-order valence-electron chi connectivity index (χ3n) is 3.10. The molecule has 0 aliphatic carbocycles. The molecule has 1 heterocycles. The van der Waals surface area contributed by atoms with E-state index in [1.54, 1.807) is 36.3 Å². The molecule has 0 aliphatic heterocycles. The van der Waals surface area contributed by atoms with Crippen LogP contribution < -0.4 is 21.3 Å². The number of hydrogen-bond acceptors (Lipinski definition) is 6. The van der Waals surface area contributed by atoms with Gasteiger partial charge in [0.2, 0.25) is 0 Å². The molecule has 5 nitrogen and oxygen atoms in total. The van der Waals surface area contributed by atoms with E-state index >= 15 is 0 Å². The van der Waals surface area contributed by atoms with Gasteiger partial charge in [0.15, 0.2) is 0 Å². The Bertz CT molecular complexity index is 645. The van der Waals surface area contributed by atoms with E-state index in [1.165, 1.54) is 0 Å². The largest absolute Gasteiger partial charge is 0.497 e. The Morgan fingerprint density at radius 3 is 2.95 bits per heavy atom. The van der Waals surface area contributed by atoms with Crippen LogP contribution in [-0.2, 0) is 0 Å². The van der Waals surface area contributed by atoms with Crippen LogP contribution in [0.1, 0.15) is 6.42 Å². The molecule has 0 unspecified atom stereocenters. The van der Waals surface area contributed by atoms with Gasteiger partial charge in [-0.1, -0.05) is 0 Å². The normalized spacial score (nSPS) is 11.7. The van der Waals surface area contributed by atoms with E-state index in [9.17, 15) is 0 Å². The average molecular weight is 304 g/mol. The standard InChI is InChI=1S/C15H20N4OS/c1-20-12-3-4-13-14(9-12)18-7-5-15(13)19(17)10-11(16)6-8-21-2/h3-5,7,9-10H,6,8,16-17H2,1-2H3/b11-10-. The van der Waals surface area contributed by atoms with E-state index in [0.717, 1.165) is 40.2 Å². The summed E-state index contributed by atoms with van der Waals surface area (Å²) in [4.78, 5) is 4.34. The number of hydrazine groups is 1. The zero-order valence-corrected chi connectivity index (χ0v) is 13.1. The highest BCUT2D eigenvalue weighted by molar-refractivity contribution is 7.98. The van der Waals surface area contributed by atoms with Crippen molar-refractivity contribution in [2.45, 2.75) is 6.42 Å². The molecule has 0 saturated heterocycles. The molecule has 21 heavy (non-hydrogen) atoms. The Balaban J connectivity index is 2.33. The summed E-state index contributed by atoms with van der Waals surface area (Å²) in [6.45, 7) is 0. The lowest BCUT2D eigenvalue weighted by Gasteiger charge is -2.17. The van der Waals surface area contributed by atoms with E-state index in [2.05, 4.69) is 11.2 Å². The number of pyridine rings is 1. The zero-order chi connectivity index (χ0) is 15.2. The van der Waals surface area contributed by atoms with Crippen molar-refractivity contribution in [1.29, 1.82) is 0 Å². The minimum absolute atomic E-state index is 0.755. The van der Waals surface area contributed by atoms with E-state index in [1.807, 2.05) is 24.3 Å². The van der Waals surface area contributed by atoms with E-state index < -0.39 is 0 Å². The number of allylic oxidation sites excluding steroid dienone is 1. The van der Waals surface area contributed by atoms with E-state index in [0.29, 0.717) is 0 Å². The van der Waals surface area contributed by atoms with Gasteiger partial charge >= 0.3 is 0 Å². The lowest BCUT2D eigenvalue weighted by molar-refractivity contribution is 0.415. The third-order valence-corrected chi connectivity index (χ3v) is 3.72. The first kappa shape index (κ1) is 15.5. The van der Waals surface area contributed by atoms with Crippen LogP contribution in [0.15, 0.2) is 42.4 Å². The molecule has 2 aromatic rings. The summed E-state index contributed by atoms with van der Waals surface area (Å²) in [5.74, 6) is 7.86. The number of methoxy groups -OCH3 is 1. The van der Waals surface area contributed by atoms with Crippen molar-refractivity contribution in [3.8, 4) is 5.75 Å². The fraction of sp³-hybridized carbons (Fsp3) is 0.267. The molecular weight excluding hydrogens is 284 g/mol. The highest BCUT2D eigenvalue weighted by Gasteiger charge is 2.07. The number of ether oxygens (including phenoxy) is 1. The van der Waals surface area contributed by atoms with Crippen LogP contribution in [0.25, 0.3) is 10.9 Å². The molecule has 4 N–H and O–H groups in total. The average Bonchev–Trinajstić information content (AvgIpc) is 2.51. The highest BCUT2D eigenvalue weighted by Crippen LogP contribution is 2.27. The molecule has 0 bridgehead atoms. The number of rotatable bonds is 6. The predicted molar refractivity (Wildman–Crippen MR) is 90.2 cm³/mol. The first-order valence-electron chi connectivity index (χ1n) is 6.57.